The molecule has 0 saturated heterocycles. The van der Waals surface area contributed by atoms with Crippen LogP contribution in [0.15, 0.2) is 18.2 Å². The van der Waals surface area contributed by atoms with Crippen molar-refractivity contribution in [3.8, 4) is 0 Å². The van der Waals surface area contributed by atoms with Crippen LogP contribution in [0.1, 0.15) is 23.2 Å². The summed E-state index contributed by atoms with van der Waals surface area (Å²) in [5.74, 6) is 0. The summed E-state index contributed by atoms with van der Waals surface area (Å²) in [7, 11) is 1.72. The normalized spacial score (nSPS) is 11.4. The lowest BCUT2D eigenvalue weighted by atomic mass is 10.1. The highest BCUT2D eigenvalue weighted by Gasteiger charge is 2.10. The Morgan fingerprint density at radius 3 is 2.67 bits per heavy atom. The van der Waals surface area contributed by atoms with E-state index in [2.05, 4.69) is 36.6 Å². The predicted octanol–water partition coefficient (Wildman–Crippen LogP) is 2.77. The third-order valence-corrected chi connectivity index (χ3v) is 4.04. The number of benzene rings is 1. The molecule has 0 spiro atoms. The molecule has 0 aliphatic carbocycles. The van der Waals surface area contributed by atoms with Crippen molar-refractivity contribution in [2.45, 2.75) is 33.4 Å². The second-order valence-electron chi connectivity index (χ2n) is 5.38. The van der Waals surface area contributed by atoms with Gasteiger partial charge in [-0.3, -0.25) is 0 Å². The van der Waals surface area contributed by atoms with Crippen molar-refractivity contribution in [3.63, 3.8) is 0 Å². The maximum absolute atomic E-state index is 5.74. The van der Waals surface area contributed by atoms with Gasteiger partial charge in [-0.05, 0) is 43.5 Å². The van der Waals surface area contributed by atoms with Crippen molar-refractivity contribution in [2.75, 3.05) is 26.9 Å². The smallest absolute Gasteiger partial charge is 0.0645 e. The van der Waals surface area contributed by atoms with E-state index in [9.17, 15) is 0 Å². The first-order valence-corrected chi connectivity index (χ1v) is 7.54. The standard InChI is InChI=1S/C17H26N2O2/c1-13-14(2)19(7-10-21-9-4-8-20-3)17-6-5-15(12-18)11-16(13)17/h5-6,11H,4,7-10,12,18H2,1-3H3. The molecule has 0 aliphatic rings. The molecule has 0 radical (unpaired) electrons. The van der Waals surface area contributed by atoms with Gasteiger partial charge in [-0.2, -0.15) is 0 Å². The molecule has 0 unspecified atom stereocenters. The number of aromatic nitrogens is 1. The average molecular weight is 290 g/mol. The van der Waals surface area contributed by atoms with Gasteiger partial charge in [0, 0.05) is 50.0 Å². The summed E-state index contributed by atoms with van der Waals surface area (Å²) < 4.78 is 13.0. The predicted molar refractivity (Wildman–Crippen MR) is 86.6 cm³/mol. The highest BCUT2D eigenvalue weighted by Crippen LogP contribution is 2.26. The quantitative estimate of drug-likeness (QED) is 0.761. The molecular weight excluding hydrogens is 264 g/mol. The van der Waals surface area contributed by atoms with Crippen LogP contribution in [-0.4, -0.2) is 31.5 Å². The SMILES string of the molecule is COCCCOCCn1c(C)c(C)c2cc(CN)ccc21. The second-order valence-corrected chi connectivity index (χ2v) is 5.38. The number of hydrogen-bond donors (Lipinski definition) is 1. The van der Waals surface area contributed by atoms with Crippen LogP contribution in [0, 0.1) is 13.8 Å². The Bertz CT molecular complexity index is 590. The molecule has 116 valence electrons. The van der Waals surface area contributed by atoms with Crippen LogP contribution in [0.3, 0.4) is 0 Å². The number of methoxy groups -OCH3 is 1. The fraction of sp³-hybridized carbons (Fsp3) is 0.529. The number of fused-ring (bicyclic) bond motifs is 1. The Balaban J connectivity index is 2.07. The lowest BCUT2D eigenvalue weighted by Gasteiger charge is -2.09. The van der Waals surface area contributed by atoms with E-state index in [1.165, 1.54) is 27.7 Å². The number of aryl methyl sites for hydroxylation is 1. The molecule has 1 aromatic heterocycles. The van der Waals surface area contributed by atoms with Gasteiger partial charge in [0.1, 0.15) is 0 Å². The minimum absolute atomic E-state index is 0.586. The number of nitrogens with two attached hydrogens (primary N) is 1. The number of hydrogen-bond acceptors (Lipinski definition) is 3. The maximum atomic E-state index is 5.74. The lowest BCUT2D eigenvalue weighted by Crippen LogP contribution is -2.09. The van der Waals surface area contributed by atoms with Gasteiger partial charge in [0.15, 0.2) is 0 Å². The molecule has 0 fully saturated rings. The van der Waals surface area contributed by atoms with E-state index in [0.29, 0.717) is 6.54 Å². The molecule has 21 heavy (non-hydrogen) atoms. The zero-order valence-corrected chi connectivity index (χ0v) is 13.3. The van der Waals surface area contributed by atoms with Crippen LogP contribution < -0.4 is 5.73 Å². The molecule has 2 N–H and O–H groups in total. The van der Waals surface area contributed by atoms with E-state index >= 15 is 0 Å². The number of nitrogens with zero attached hydrogens (tertiary/aromatic N) is 1. The molecule has 2 aromatic rings. The van der Waals surface area contributed by atoms with Crippen molar-refractivity contribution in [1.82, 2.24) is 4.57 Å². The average Bonchev–Trinajstić information content (AvgIpc) is 2.75. The summed E-state index contributed by atoms with van der Waals surface area (Å²) in [6.07, 6.45) is 0.945. The molecule has 4 nitrogen and oxygen atoms in total. The zero-order chi connectivity index (χ0) is 15.2. The van der Waals surface area contributed by atoms with E-state index in [1.807, 2.05) is 0 Å². The van der Waals surface area contributed by atoms with Crippen LogP contribution in [-0.2, 0) is 22.6 Å². The van der Waals surface area contributed by atoms with Crippen molar-refractivity contribution < 1.29 is 9.47 Å². The van der Waals surface area contributed by atoms with Gasteiger partial charge in [-0.15, -0.1) is 0 Å². The largest absolute Gasteiger partial charge is 0.385 e. The third kappa shape index (κ3) is 3.64. The molecule has 2 rings (SSSR count). The molecule has 4 heteroatoms. The Labute approximate surface area is 126 Å². The monoisotopic (exact) mass is 290 g/mol. The topological polar surface area (TPSA) is 49.4 Å². The molecule has 0 amide bonds. The van der Waals surface area contributed by atoms with Crippen LogP contribution in [0.4, 0.5) is 0 Å². The fourth-order valence-corrected chi connectivity index (χ4v) is 2.68. The summed E-state index contributed by atoms with van der Waals surface area (Å²) >= 11 is 0. The van der Waals surface area contributed by atoms with Gasteiger partial charge >= 0.3 is 0 Å². The van der Waals surface area contributed by atoms with Gasteiger partial charge < -0.3 is 19.8 Å². The Hall–Kier alpha value is -1.36. The van der Waals surface area contributed by atoms with E-state index in [-0.39, 0.29) is 0 Å². The zero-order valence-electron chi connectivity index (χ0n) is 13.3. The summed E-state index contributed by atoms with van der Waals surface area (Å²) in [6, 6.07) is 6.48. The van der Waals surface area contributed by atoms with Crippen LogP contribution in [0.2, 0.25) is 0 Å². The van der Waals surface area contributed by atoms with Gasteiger partial charge in [-0.25, -0.2) is 0 Å². The Kier molecular flexibility index (Phi) is 5.79. The van der Waals surface area contributed by atoms with Gasteiger partial charge in [0.05, 0.1) is 6.61 Å². The third-order valence-electron chi connectivity index (χ3n) is 4.04. The van der Waals surface area contributed by atoms with Gasteiger partial charge in [-0.1, -0.05) is 6.07 Å². The minimum atomic E-state index is 0.586. The summed E-state index contributed by atoms with van der Waals surface area (Å²) in [4.78, 5) is 0. The molecule has 1 heterocycles. The summed E-state index contributed by atoms with van der Waals surface area (Å²) in [5.41, 5.74) is 10.8. The molecule has 0 saturated carbocycles. The van der Waals surface area contributed by atoms with Crippen LogP contribution >= 0.6 is 0 Å². The van der Waals surface area contributed by atoms with E-state index < -0.39 is 0 Å². The second kappa shape index (κ2) is 7.59. The molecule has 0 aliphatic heterocycles. The Morgan fingerprint density at radius 1 is 1.14 bits per heavy atom. The van der Waals surface area contributed by atoms with Crippen LogP contribution in [0.25, 0.3) is 10.9 Å². The highest BCUT2D eigenvalue weighted by molar-refractivity contribution is 5.86. The van der Waals surface area contributed by atoms with Crippen molar-refractivity contribution in [1.29, 1.82) is 0 Å². The molecule has 1 aromatic carbocycles. The first-order valence-electron chi connectivity index (χ1n) is 7.54. The van der Waals surface area contributed by atoms with Gasteiger partial charge in [0.25, 0.3) is 0 Å². The Morgan fingerprint density at radius 2 is 1.95 bits per heavy atom. The first kappa shape index (κ1) is 16.0. The summed E-state index contributed by atoms with van der Waals surface area (Å²) in [5, 5.41) is 1.30. The molecule has 0 atom stereocenters. The molecule has 0 bridgehead atoms. The minimum Gasteiger partial charge on any atom is -0.385 e. The van der Waals surface area contributed by atoms with E-state index in [0.717, 1.165) is 32.8 Å². The maximum Gasteiger partial charge on any atom is 0.0645 e. The van der Waals surface area contributed by atoms with Crippen molar-refractivity contribution in [3.05, 3.63) is 35.0 Å². The fourth-order valence-electron chi connectivity index (χ4n) is 2.68. The van der Waals surface area contributed by atoms with E-state index in [4.69, 9.17) is 15.2 Å². The van der Waals surface area contributed by atoms with Crippen molar-refractivity contribution >= 4 is 10.9 Å². The van der Waals surface area contributed by atoms with Crippen molar-refractivity contribution in [2.24, 2.45) is 5.73 Å². The number of rotatable bonds is 8. The first-order chi connectivity index (χ1) is 10.2. The molecular formula is C17H26N2O2. The van der Waals surface area contributed by atoms with E-state index in [1.54, 1.807) is 7.11 Å². The highest BCUT2D eigenvalue weighted by atomic mass is 16.5. The summed E-state index contributed by atoms with van der Waals surface area (Å²) in [6.45, 7) is 8.05. The number of ether oxygens (including phenoxy) is 2. The van der Waals surface area contributed by atoms with Crippen LogP contribution in [0.5, 0.6) is 0 Å². The van der Waals surface area contributed by atoms with Gasteiger partial charge in [0.2, 0.25) is 0 Å². The lowest BCUT2D eigenvalue weighted by molar-refractivity contribution is 0.0980.